The second-order valence-electron chi connectivity index (χ2n) is 5.36. The molecule has 1 fully saturated rings. The van der Waals surface area contributed by atoms with Crippen molar-refractivity contribution in [3.8, 4) is 0 Å². The lowest BCUT2D eigenvalue weighted by atomic mass is 9.79. The number of aryl methyl sites for hydroxylation is 1. The summed E-state index contributed by atoms with van der Waals surface area (Å²) in [6.07, 6.45) is 3.87. The summed E-state index contributed by atoms with van der Waals surface area (Å²) in [7, 11) is 3.17. The molecule has 5 heteroatoms. The molecule has 1 aliphatic carbocycles. The van der Waals surface area contributed by atoms with Gasteiger partial charge in [0.15, 0.2) is 5.69 Å². The van der Waals surface area contributed by atoms with E-state index in [9.17, 15) is 4.79 Å². The third-order valence-corrected chi connectivity index (χ3v) is 3.71. The zero-order valence-corrected chi connectivity index (χ0v) is 10.8. The molecule has 1 heterocycles. The molecule has 5 nitrogen and oxygen atoms in total. The van der Waals surface area contributed by atoms with Crippen molar-refractivity contribution in [2.45, 2.75) is 37.6 Å². The van der Waals surface area contributed by atoms with Crippen molar-refractivity contribution in [1.29, 1.82) is 0 Å². The first-order chi connectivity index (χ1) is 7.82. The van der Waals surface area contributed by atoms with Crippen molar-refractivity contribution in [3.05, 3.63) is 17.5 Å². The molecule has 0 radical (unpaired) electrons. The number of hydrogen-bond donors (Lipinski definition) is 1. The second-order valence-corrected chi connectivity index (χ2v) is 5.36. The van der Waals surface area contributed by atoms with E-state index in [-0.39, 0.29) is 11.0 Å². The molecule has 0 amide bonds. The van der Waals surface area contributed by atoms with Crippen LogP contribution < -0.4 is 5.73 Å². The van der Waals surface area contributed by atoms with Gasteiger partial charge in [-0.1, -0.05) is 0 Å². The largest absolute Gasteiger partial charge is 0.464 e. The quantitative estimate of drug-likeness (QED) is 0.795. The number of esters is 1. The standard InChI is InChI=1S/C12H19N3O2/c1-11(2,13)12(5-6-12)8-7-15(3)14-9(8)10(16)17-4/h7H,5-6,13H2,1-4H3. The van der Waals surface area contributed by atoms with Crippen LogP contribution in [0.1, 0.15) is 42.7 Å². The molecule has 0 unspecified atom stereocenters. The van der Waals surface area contributed by atoms with Gasteiger partial charge in [-0.25, -0.2) is 4.79 Å². The summed E-state index contributed by atoms with van der Waals surface area (Å²) in [5.74, 6) is -0.392. The molecule has 1 aromatic heterocycles. The summed E-state index contributed by atoms with van der Waals surface area (Å²) in [5.41, 5.74) is 7.05. The molecule has 0 bridgehead atoms. The topological polar surface area (TPSA) is 70.1 Å². The van der Waals surface area contributed by atoms with Gasteiger partial charge < -0.3 is 10.5 Å². The Morgan fingerprint density at radius 1 is 1.59 bits per heavy atom. The lowest BCUT2D eigenvalue weighted by molar-refractivity contribution is 0.0590. The molecule has 0 aromatic carbocycles. The highest BCUT2D eigenvalue weighted by Gasteiger charge is 2.56. The fourth-order valence-corrected chi connectivity index (χ4v) is 2.47. The van der Waals surface area contributed by atoms with Crippen molar-refractivity contribution in [2.75, 3.05) is 7.11 Å². The summed E-state index contributed by atoms with van der Waals surface area (Å²) in [4.78, 5) is 11.7. The number of carbonyl (C=O) groups excluding carboxylic acids is 1. The van der Waals surface area contributed by atoms with E-state index in [0.717, 1.165) is 18.4 Å². The van der Waals surface area contributed by atoms with E-state index in [2.05, 4.69) is 5.10 Å². The number of ether oxygens (including phenoxy) is 1. The predicted molar refractivity (Wildman–Crippen MR) is 63.7 cm³/mol. The van der Waals surface area contributed by atoms with Gasteiger partial charge in [-0.05, 0) is 26.7 Å². The molecule has 2 rings (SSSR count). The van der Waals surface area contributed by atoms with Crippen molar-refractivity contribution in [3.63, 3.8) is 0 Å². The normalized spacial score (nSPS) is 17.9. The van der Waals surface area contributed by atoms with Crippen LogP contribution in [0.3, 0.4) is 0 Å². The lowest BCUT2D eigenvalue weighted by Crippen LogP contribution is -2.45. The highest BCUT2D eigenvalue weighted by molar-refractivity contribution is 5.89. The monoisotopic (exact) mass is 237 g/mol. The highest BCUT2D eigenvalue weighted by Crippen LogP contribution is 2.55. The summed E-state index contributed by atoms with van der Waals surface area (Å²) in [6.45, 7) is 3.99. The Morgan fingerprint density at radius 2 is 2.18 bits per heavy atom. The van der Waals surface area contributed by atoms with Crippen molar-refractivity contribution >= 4 is 5.97 Å². The molecule has 2 N–H and O–H groups in total. The average molecular weight is 237 g/mol. The van der Waals surface area contributed by atoms with Gasteiger partial charge in [-0.2, -0.15) is 5.10 Å². The van der Waals surface area contributed by atoms with E-state index < -0.39 is 5.97 Å². The summed E-state index contributed by atoms with van der Waals surface area (Å²) in [6, 6.07) is 0. The van der Waals surface area contributed by atoms with E-state index in [1.165, 1.54) is 7.11 Å². The third kappa shape index (κ3) is 1.74. The van der Waals surface area contributed by atoms with Crippen LogP contribution in [0.15, 0.2) is 6.20 Å². The minimum Gasteiger partial charge on any atom is -0.464 e. The van der Waals surface area contributed by atoms with Crippen LogP contribution in [0.4, 0.5) is 0 Å². The van der Waals surface area contributed by atoms with Gasteiger partial charge in [0.25, 0.3) is 0 Å². The first-order valence-corrected chi connectivity index (χ1v) is 5.73. The molecule has 1 aliphatic rings. The smallest absolute Gasteiger partial charge is 0.358 e. The number of aromatic nitrogens is 2. The predicted octanol–water partition coefficient (Wildman–Crippen LogP) is 0.976. The van der Waals surface area contributed by atoms with E-state index in [1.54, 1.807) is 11.7 Å². The summed E-state index contributed by atoms with van der Waals surface area (Å²) in [5, 5.41) is 4.19. The van der Waals surface area contributed by atoms with Crippen molar-refractivity contribution in [2.24, 2.45) is 12.8 Å². The van der Waals surface area contributed by atoms with Crippen molar-refractivity contribution < 1.29 is 9.53 Å². The highest BCUT2D eigenvalue weighted by atomic mass is 16.5. The third-order valence-electron chi connectivity index (χ3n) is 3.71. The van der Waals surface area contributed by atoms with Gasteiger partial charge >= 0.3 is 5.97 Å². The molecular weight excluding hydrogens is 218 g/mol. The van der Waals surface area contributed by atoms with Gasteiger partial charge in [0.1, 0.15) is 0 Å². The zero-order valence-electron chi connectivity index (χ0n) is 10.8. The van der Waals surface area contributed by atoms with Crippen LogP contribution in [0.2, 0.25) is 0 Å². The molecule has 0 saturated heterocycles. The number of hydrogen-bond acceptors (Lipinski definition) is 4. The summed E-state index contributed by atoms with van der Waals surface area (Å²) >= 11 is 0. The Hall–Kier alpha value is -1.36. The molecule has 17 heavy (non-hydrogen) atoms. The SMILES string of the molecule is COC(=O)c1nn(C)cc1C1(C(C)(C)N)CC1. The van der Waals surface area contributed by atoms with Gasteiger partial charge in [0.2, 0.25) is 0 Å². The van der Waals surface area contributed by atoms with Crippen LogP contribution in [0, 0.1) is 0 Å². The fraction of sp³-hybridized carbons (Fsp3) is 0.667. The molecule has 0 spiro atoms. The van der Waals surface area contributed by atoms with E-state index in [1.807, 2.05) is 20.0 Å². The molecule has 0 aliphatic heterocycles. The number of methoxy groups -OCH3 is 1. The Bertz CT molecular complexity index is 453. The number of nitrogens with zero attached hydrogens (tertiary/aromatic N) is 2. The Balaban J connectivity index is 2.50. The van der Waals surface area contributed by atoms with Gasteiger partial charge in [-0.3, -0.25) is 4.68 Å². The maximum absolute atomic E-state index is 11.7. The van der Waals surface area contributed by atoms with E-state index in [0.29, 0.717) is 5.69 Å². The minimum absolute atomic E-state index is 0.134. The van der Waals surface area contributed by atoms with Crippen LogP contribution in [0.5, 0.6) is 0 Å². The second kappa shape index (κ2) is 3.57. The van der Waals surface area contributed by atoms with Gasteiger partial charge in [0, 0.05) is 29.8 Å². The Morgan fingerprint density at radius 3 is 2.59 bits per heavy atom. The van der Waals surface area contributed by atoms with Crippen LogP contribution >= 0.6 is 0 Å². The number of nitrogens with two attached hydrogens (primary N) is 1. The minimum atomic E-state index is -0.392. The maximum Gasteiger partial charge on any atom is 0.358 e. The van der Waals surface area contributed by atoms with Crippen LogP contribution in [-0.4, -0.2) is 28.4 Å². The lowest BCUT2D eigenvalue weighted by Gasteiger charge is -2.30. The maximum atomic E-state index is 11.7. The zero-order chi connectivity index (χ0) is 12.8. The number of carbonyl (C=O) groups is 1. The van der Waals surface area contributed by atoms with Crippen LogP contribution in [0.25, 0.3) is 0 Å². The fourth-order valence-electron chi connectivity index (χ4n) is 2.47. The molecular formula is C12H19N3O2. The van der Waals surface area contributed by atoms with E-state index >= 15 is 0 Å². The molecule has 1 aromatic rings. The molecule has 0 atom stereocenters. The average Bonchev–Trinajstić information content (AvgIpc) is 2.96. The Kier molecular flexibility index (Phi) is 2.54. The first kappa shape index (κ1) is 12.1. The number of rotatable bonds is 3. The van der Waals surface area contributed by atoms with Crippen molar-refractivity contribution in [1.82, 2.24) is 9.78 Å². The Labute approximate surface area is 101 Å². The van der Waals surface area contributed by atoms with E-state index in [4.69, 9.17) is 10.5 Å². The molecule has 1 saturated carbocycles. The van der Waals surface area contributed by atoms with Gasteiger partial charge in [0.05, 0.1) is 7.11 Å². The first-order valence-electron chi connectivity index (χ1n) is 5.73. The van der Waals surface area contributed by atoms with Gasteiger partial charge in [-0.15, -0.1) is 0 Å². The summed E-state index contributed by atoms with van der Waals surface area (Å²) < 4.78 is 6.42. The molecule has 94 valence electrons. The van der Waals surface area contributed by atoms with Crippen LogP contribution in [-0.2, 0) is 17.2 Å².